The van der Waals surface area contributed by atoms with Crippen molar-refractivity contribution in [3.05, 3.63) is 4.91 Å². The number of ether oxygens (including phenoxy) is 1. The van der Waals surface area contributed by atoms with E-state index in [4.69, 9.17) is 9.84 Å². The Morgan fingerprint density at radius 1 is 1.71 bits per heavy atom. The second kappa shape index (κ2) is 4.36. The molecule has 0 bridgehead atoms. The molecule has 1 aliphatic rings. The Balaban J connectivity index is 2.64. The Labute approximate surface area is 81.8 Å². The molecule has 1 heterocycles. The molecule has 1 aliphatic heterocycles. The van der Waals surface area contributed by atoms with Gasteiger partial charge in [0.25, 0.3) is 0 Å². The zero-order valence-corrected chi connectivity index (χ0v) is 8.10. The third kappa shape index (κ3) is 2.01. The summed E-state index contributed by atoms with van der Waals surface area (Å²) in [4.78, 5) is 21.3. The number of hydrogen-bond donors (Lipinski definition) is 1. The predicted octanol–water partition coefficient (Wildman–Crippen LogP) is 0.481. The van der Waals surface area contributed by atoms with Gasteiger partial charge in [0.05, 0.1) is 17.2 Å². The Morgan fingerprint density at radius 2 is 2.43 bits per heavy atom. The molecule has 6 nitrogen and oxygen atoms in total. The zero-order chi connectivity index (χ0) is 10.6. The van der Waals surface area contributed by atoms with Gasteiger partial charge in [-0.15, -0.1) is 4.91 Å². The molecule has 1 fully saturated rings. The monoisotopic (exact) mass is 202 g/mol. The SMILES string of the molecule is COCCC1(C(=O)O)CCN(N=O)C1. The minimum Gasteiger partial charge on any atom is -0.481 e. The summed E-state index contributed by atoms with van der Waals surface area (Å²) in [5.41, 5.74) is -0.857. The van der Waals surface area contributed by atoms with Gasteiger partial charge in [-0.05, 0) is 12.8 Å². The highest BCUT2D eigenvalue weighted by Gasteiger charge is 2.44. The normalized spacial score (nSPS) is 26.5. The number of carbonyl (C=O) groups is 1. The first-order valence-corrected chi connectivity index (χ1v) is 4.45. The smallest absolute Gasteiger partial charge is 0.311 e. The van der Waals surface area contributed by atoms with Gasteiger partial charge in [-0.1, -0.05) is 0 Å². The molecule has 14 heavy (non-hydrogen) atoms. The van der Waals surface area contributed by atoms with Crippen LogP contribution >= 0.6 is 0 Å². The highest BCUT2D eigenvalue weighted by atomic mass is 16.5. The molecule has 80 valence electrons. The zero-order valence-electron chi connectivity index (χ0n) is 8.10. The van der Waals surface area contributed by atoms with Gasteiger partial charge in [0, 0.05) is 20.3 Å². The third-order valence-electron chi connectivity index (χ3n) is 2.69. The minimum absolute atomic E-state index is 0.190. The van der Waals surface area contributed by atoms with Gasteiger partial charge in [-0.25, -0.2) is 0 Å². The highest BCUT2D eigenvalue weighted by Crippen LogP contribution is 2.34. The molecule has 1 unspecified atom stereocenters. The molecule has 1 atom stereocenters. The Hall–Kier alpha value is -1.17. The van der Waals surface area contributed by atoms with E-state index in [9.17, 15) is 9.70 Å². The van der Waals surface area contributed by atoms with Crippen molar-refractivity contribution in [1.29, 1.82) is 0 Å². The minimum atomic E-state index is -0.874. The lowest BCUT2D eigenvalue weighted by Crippen LogP contribution is -2.34. The second-order valence-corrected chi connectivity index (χ2v) is 3.55. The van der Waals surface area contributed by atoms with E-state index in [-0.39, 0.29) is 6.54 Å². The standard InChI is InChI=1S/C8H14N2O4/c1-14-5-3-8(7(11)12)2-4-10(6-8)9-13/h2-6H2,1H3,(H,11,12). The summed E-state index contributed by atoms with van der Waals surface area (Å²) in [5.74, 6) is -0.874. The van der Waals surface area contributed by atoms with E-state index in [1.807, 2.05) is 0 Å². The average Bonchev–Trinajstić information content (AvgIpc) is 2.59. The molecule has 0 aliphatic carbocycles. The second-order valence-electron chi connectivity index (χ2n) is 3.55. The van der Waals surface area contributed by atoms with Crippen molar-refractivity contribution in [3.63, 3.8) is 0 Å². The van der Waals surface area contributed by atoms with Crippen molar-refractivity contribution >= 4 is 5.97 Å². The summed E-state index contributed by atoms with van der Waals surface area (Å²) in [6.45, 7) is 0.994. The van der Waals surface area contributed by atoms with Crippen LogP contribution in [0.25, 0.3) is 0 Å². The summed E-state index contributed by atoms with van der Waals surface area (Å²) < 4.78 is 4.86. The third-order valence-corrected chi connectivity index (χ3v) is 2.69. The van der Waals surface area contributed by atoms with E-state index in [1.54, 1.807) is 0 Å². The van der Waals surface area contributed by atoms with Gasteiger partial charge in [-0.3, -0.25) is 9.80 Å². The van der Waals surface area contributed by atoms with Gasteiger partial charge in [0.1, 0.15) is 0 Å². The van der Waals surface area contributed by atoms with Crippen molar-refractivity contribution in [1.82, 2.24) is 5.01 Å². The van der Waals surface area contributed by atoms with Crippen LogP contribution in [0.15, 0.2) is 5.29 Å². The summed E-state index contributed by atoms with van der Waals surface area (Å²) in [7, 11) is 1.53. The summed E-state index contributed by atoms with van der Waals surface area (Å²) >= 11 is 0. The molecular weight excluding hydrogens is 188 g/mol. The number of rotatable bonds is 5. The fraction of sp³-hybridized carbons (Fsp3) is 0.875. The maximum absolute atomic E-state index is 11.1. The van der Waals surface area contributed by atoms with Gasteiger partial charge >= 0.3 is 5.97 Å². The van der Waals surface area contributed by atoms with Crippen LogP contribution in [-0.4, -0.2) is 42.9 Å². The van der Waals surface area contributed by atoms with Gasteiger partial charge in [0.15, 0.2) is 0 Å². The van der Waals surface area contributed by atoms with Crippen molar-refractivity contribution in [2.45, 2.75) is 12.8 Å². The number of nitroso groups, excluding NO2 is 1. The first-order valence-electron chi connectivity index (χ1n) is 4.45. The lowest BCUT2D eigenvalue weighted by Gasteiger charge is -2.22. The molecule has 0 radical (unpaired) electrons. The van der Waals surface area contributed by atoms with Crippen LogP contribution in [0.5, 0.6) is 0 Å². The number of aliphatic carboxylic acids is 1. The van der Waals surface area contributed by atoms with E-state index < -0.39 is 11.4 Å². The molecule has 1 saturated heterocycles. The number of carboxylic acids is 1. The molecule has 0 aromatic carbocycles. The summed E-state index contributed by atoms with van der Waals surface area (Å²) in [6, 6.07) is 0. The average molecular weight is 202 g/mol. The molecule has 0 aromatic rings. The van der Waals surface area contributed by atoms with Crippen molar-refractivity contribution in [3.8, 4) is 0 Å². The fourth-order valence-electron chi connectivity index (χ4n) is 1.70. The van der Waals surface area contributed by atoms with Crippen LogP contribution in [0.1, 0.15) is 12.8 Å². The van der Waals surface area contributed by atoms with E-state index >= 15 is 0 Å². The van der Waals surface area contributed by atoms with Crippen molar-refractivity contribution in [2.75, 3.05) is 26.8 Å². The summed E-state index contributed by atoms with van der Waals surface area (Å²) in [6.07, 6.45) is 0.877. The fourth-order valence-corrected chi connectivity index (χ4v) is 1.70. The largest absolute Gasteiger partial charge is 0.481 e. The Kier molecular flexibility index (Phi) is 3.40. The Morgan fingerprint density at radius 3 is 2.86 bits per heavy atom. The van der Waals surface area contributed by atoms with Crippen LogP contribution in [0, 0.1) is 10.3 Å². The lowest BCUT2D eigenvalue weighted by atomic mass is 9.84. The maximum Gasteiger partial charge on any atom is 0.311 e. The van der Waals surface area contributed by atoms with Crippen LogP contribution < -0.4 is 0 Å². The molecular formula is C8H14N2O4. The number of carboxylic acid groups (broad SMARTS) is 1. The molecule has 0 saturated carbocycles. The predicted molar refractivity (Wildman–Crippen MR) is 48.5 cm³/mol. The van der Waals surface area contributed by atoms with Crippen molar-refractivity contribution in [2.24, 2.45) is 10.7 Å². The number of hydrogen-bond acceptors (Lipinski definition) is 4. The molecule has 1 N–H and O–H groups in total. The van der Waals surface area contributed by atoms with Crippen molar-refractivity contribution < 1.29 is 14.6 Å². The molecule has 6 heteroatoms. The van der Waals surface area contributed by atoms with Crippen LogP contribution in [0.2, 0.25) is 0 Å². The number of methoxy groups -OCH3 is 1. The van der Waals surface area contributed by atoms with E-state index in [1.165, 1.54) is 12.1 Å². The van der Waals surface area contributed by atoms with E-state index in [0.717, 1.165) is 0 Å². The van der Waals surface area contributed by atoms with Gasteiger partial charge < -0.3 is 9.84 Å². The highest BCUT2D eigenvalue weighted by molar-refractivity contribution is 5.75. The number of nitrogens with zero attached hydrogens (tertiary/aromatic N) is 2. The lowest BCUT2D eigenvalue weighted by molar-refractivity contribution is -0.149. The van der Waals surface area contributed by atoms with E-state index in [0.29, 0.717) is 26.0 Å². The first-order chi connectivity index (χ1) is 6.64. The quantitative estimate of drug-likeness (QED) is 0.656. The molecule has 1 rings (SSSR count). The molecule has 0 aromatic heterocycles. The maximum atomic E-state index is 11.1. The van der Waals surface area contributed by atoms with E-state index in [2.05, 4.69) is 5.29 Å². The topological polar surface area (TPSA) is 79.2 Å². The van der Waals surface area contributed by atoms with Crippen LogP contribution in [0.4, 0.5) is 0 Å². The van der Waals surface area contributed by atoms with Crippen LogP contribution in [-0.2, 0) is 9.53 Å². The summed E-state index contributed by atoms with van der Waals surface area (Å²) in [5, 5.41) is 13.1. The Bertz CT molecular complexity index is 233. The molecule has 0 amide bonds. The molecule has 0 spiro atoms. The first kappa shape index (κ1) is 10.9. The van der Waals surface area contributed by atoms with Gasteiger partial charge in [0.2, 0.25) is 0 Å². The van der Waals surface area contributed by atoms with Gasteiger partial charge in [-0.2, -0.15) is 0 Å². The van der Waals surface area contributed by atoms with Crippen LogP contribution in [0.3, 0.4) is 0 Å².